The third-order valence-corrected chi connectivity index (χ3v) is 4.83. The molecule has 0 bridgehead atoms. The molecule has 28 heavy (non-hydrogen) atoms. The van der Waals surface area contributed by atoms with Gasteiger partial charge in [0.2, 0.25) is 5.82 Å². The topological polar surface area (TPSA) is 75.6 Å². The van der Waals surface area contributed by atoms with E-state index in [9.17, 15) is 13.2 Å². The van der Waals surface area contributed by atoms with Crippen molar-refractivity contribution < 1.29 is 13.2 Å². The summed E-state index contributed by atoms with van der Waals surface area (Å²) in [6, 6.07) is 7.63. The van der Waals surface area contributed by atoms with Crippen molar-refractivity contribution in [1.29, 1.82) is 0 Å². The van der Waals surface area contributed by atoms with E-state index in [1.165, 1.54) is 6.07 Å². The number of rotatable bonds is 4. The Morgan fingerprint density at radius 1 is 0.821 bits per heavy atom. The first-order valence-corrected chi connectivity index (χ1v) is 9.11. The summed E-state index contributed by atoms with van der Waals surface area (Å²) in [5, 5.41) is 7.54. The fourth-order valence-electron chi connectivity index (χ4n) is 3.42. The Balaban J connectivity index is 1.33. The molecule has 9 heteroatoms. The number of fused-ring (bicyclic) bond motifs is 1. The van der Waals surface area contributed by atoms with E-state index in [1.54, 1.807) is 12.4 Å². The Bertz CT molecular complexity index is 954. The average molecular weight is 388 g/mol. The number of nitrogens with zero attached hydrogens (tertiary/aromatic N) is 4. The molecule has 0 atom stereocenters. The molecular formula is C19H19F3N6. The molecule has 4 rings (SSSR count). The maximum Gasteiger partial charge on any atom is 0.451 e. The summed E-state index contributed by atoms with van der Waals surface area (Å²) in [6.45, 7) is 0. The van der Waals surface area contributed by atoms with Crippen molar-refractivity contribution in [2.24, 2.45) is 0 Å². The zero-order chi connectivity index (χ0) is 19.6. The van der Waals surface area contributed by atoms with E-state index in [1.807, 2.05) is 18.2 Å². The van der Waals surface area contributed by atoms with Gasteiger partial charge in [-0.2, -0.15) is 13.2 Å². The van der Waals surface area contributed by atoms with Crippen molar-refractivity contribution >= 4 is 22.5 Å². The first kappa shape index (κ1) is 18.4. The van der Waals surface area contributed by atoms with Gasteiger partial charge in [0.25, 0.3) is 0 Å². The van der Waals surface area contributed by atoms with Crippen LogP contribution in [0.15, 0.2) is 42.9 Å². The molecule has 146 valence electrons. The highest BCUT2D eigenvalue weighted by molar-refractivity contribution is 5.79. The van der Waals surface area contributed by atoms with Crippen LogP contribution in [-0.4, -0.2) is 32.0 Å². The number of halogens is 3. The molecule has 0 unspecified atom stereocenters. The van der Waals surface area contributed by atoms with Gasteiger partial charge < -0.3 is 10.6 Å². The summed E-state index contributed by atoms with van der Waals surface area (Å²) in [7, 11) is 0. The van der Waals surface area contributed by atoms with E-state index in [4.69, 9.17) is 0 Å². The van der Waals surface area contributed by atoms with Gasteiger partial charge in [-0.25, -0.2) is 15.0 Å². The molecule has 1 aliphatic carbocycles. The number of nitrogens with one attached hydrogen (secondary N) is 2. The monoisotopic (exact) mass is 388 g/mol. The Hall–Kier alpha value is -2.97. The molecule has 0 aliphatic heterocycles. The predicted molar refractivity (Wildman–Crippen MR) is 99.9 cm³/mol. The quantitative estimate of drug-likeness (QED) is 0.695. The summed E-state index contributed by atoms with van der Waals surface area (Å²) in [5.74, 6) is -0.0882. The van der Waals surface area contributed by atoms with Gasteiger partial charge in [-0.15, -0.1) is 0 Å². The molecule has 0 amide bonds. The molecule has 0 saturated heterocycles. The lowest BCUT2D eigenvalue weighted by Gasteiger charge is -2.30. The van der Waals surface area contributed by atoms with Crippen LogP contribution < -0.4 is 10.6 Å². The van der Waals surface area contributed by atoms with Crippen molar-refractivity contribution in [1.82, 2.24) is 19.9 Å². The van der Waals surface area contributed by atoms with Crippen LogP contribution in [0, 0.1) is 0 Å². The number of alkyl halides is 3. The molecule has 1 saturated carbocycles. The molecule has 3 heterocycles. The molecule has 1 fully saturated rings. The van der Waals surface area contributed by atoms with E-state index in [0.29, 0.717) is 0 Å². The third kappa shape index (κ3) is 4.29. The van der Waals surface area contributed by atoms with Crippen LogP contribution in [0.4, 0.5) is 24.8 Å². The van der Waals surface area contributed by atoms with Gasteiger partial charge in [0, 0.05) is 36.1 Å². The van der Waals surface area contributed by atoms with E-state index >= 15 is 0 Å². The second-order valence-electron chi connectivity index (χ2n) is 6.87. The van der Waals surface area contributed by atoms with E-state index < -0.39 is 12.0 Å². The van der Waals surface area contributed by atoms with Crippen LogP contribution in [0.25, 0.3) is 10.9 Å². The highest BCUT2D eigenvalue weighted by atomic mass is 19.4. The van der Waals surface area contributed by atoms with Crippen LogP contribution in [-0.2, 0) is 6.18 Å². The normalized spacial score (nSPS) is 20.1. The molecular weight excluding hydrogens is 369 g/mol. The number of pyridine rings is 2. The fraction of sp³-hybridized carbons (Fsp3) is 0.368. The molecule has 1 aliphatic rings. The molecule has 0 spiro atoms. The maximum absolute atomic E-state index is 12.7. The van der Waals surface area contributed by atoms with Gasteiger partial charge in [0.05, 0.1) is 5.52 Å². The van der Waals surface area contributed by atoms with E-state index in [2.05, 4.69) is 30.6 Å². The highest BCUT2D eigenvalue weighted by Gasteiger charge is 2.34. The lowest BCUT2D eigenvalue weighted by Crippen LogP contribution is -2.33. The van der Waals surface area contributed by atoms with Gasteiger partial charge in [-0.1, -0.05) is 0 Å². The van der Waals surface area contributed by atoms with Crippen molar-refractivity contribution in [3.05, 3.63) is 48.7 Å². The summed E-state index contributed by atoms with van der Waals surface area (Å²) in [4.78, 5) is 15.5. The third-order valence-electron chi connectivity index (χ3n) is 4.83. The summed E-state index contributed by atoms with van der Waals surface area (Å²) >= 11 is 0. The second kappa shape index (κ2) is 7.57. The molecule has 0 radical (unpaired) electrons. The average Bonchev–Trinajstić information content (AvgIpc) is 2.69. The predicted octanol–water partition coefficient (Wildman–Crippen LogP) is 4.27. The number of anilines is 2. The van der Waals surface area contributed by atoms with E-state index in [0.717, 1.165) is 48.6 Å². The van der Waals surface area contributed by atoms with Crippen molar-refractivity contribution in [3.63, 3.8) is 0 Å². The minimum absolute atomic E-state index is 0.0877. The first-order chi connectivity index (χ1) is 13.5. The Labute approximate surface area is 159 Å². The zero-order valence-corrected chi connectivity index (χ0v) is 14.9. The minimum atomic E-state index is -4.54. The van der Waals surface area contributed by atoms with Crippen LogP contribution in [0.5, 0.6) is 0 Å². The summed E-state index contributed by atoms with van der Waals surface area (Å²) < 4.78 is 38.2. The Morgan fingerprint density at radius 2 is 1.50 bits per heavy atom. The van der Waals surface area contributed by atoms with Crippen molar-refractivity contribution in [2.45, 2.75) is 43.9 Å². The van der Waals surface area contributed by atoms with E-state index in [-0.39, 0.29) is 17.9 Å². The van der Waals surface area contributed by atoms with Gasteiger partial charge >= 0.3 is 6.18 Å². The molecule has 2 N–H and O–H groups in total. The Morgan fingerprint density at radius 3 is 2.18 bits per heavy atom. The molecule has 0 aromatic carbocycles. The van der Waals surface area contributed by atoms with Crippen LogP contribution in [0.3, 0.4) is 0 Å². The number of hydrogen-bond acceptors (Lipinski definition) is 6. The summed E-state index contributed by atoms with van der Waals surface area (Å²) in [6.07, 6.45) is 3.54. The Kier molecular flexibility index (Phi) is 4.97. The van der Waals surface area contributed by atoms with Crippen LogP contribution >= 0.6 is 0 Å². The molecule has 6 nitrogen and oxygen atoms in total. The van der Waals surface area contributed by atoms with Gasteiger partial charge in [0.15, 0.2) is 0 Å². The van der Waals surface area contributed by atoms with Gasteiger partial charge in [-0.3, -0.25) is 4.98 Å². The lowest BCUT2D eigenvalue weighted by molar-refractivity contribution is -0.144. The van der Waals surface area contributed by atoms with Crippen molar-refractivity contribution in [3.8, 4) is 0 Å². The minimum Gasteiger partial charge on any atom is -0.367 e. The summed E-state index contributed by atoms with van der Waals surface area (Å²) in [5.41, 5.74) is 0.889. The number of aromatic nitrogens is 4. The maximum atomic E-state index is 12.7. The lowest BCUT2D eigenvalue weighted by atomic mass is 9.91. The second-order valence-corrected chi connectivity index (χ2v) is 6.87. The SMILES string of the molecule is FC(F)(F)c1nccc(NC2CCC(Nc3ccc4cnccc4n3)CC2)n1. The number of hydrogen-bond donors (Lipinski definition) is 2. The van der Waals surface area contributed by atoms with Gasteiger partial charge in [-0.05, 0) is 49.9 Å². The highest BCUT2D eigenvalue weighted by Crippen LogP contribution is 2.28. The molecule has 3 aromatic heterocycles. The fourth-order valence-corrected chi connectivity index (χ4v) is 3.42. The first-order valence-electron chi connectivity index (χ1n) is 9.11. The molecule has 3 aromatic rings. The zero-order valence-electron chi connectivity index (χ0n) is 14.9. The van der Waals surface area contributed by atoms with Crippen LogP contribution in [0.2, 0.25) is 0 Å². The van der Waals surface area contributed by atoms with Crippen LogP contribution in [0.1, 0.15) is 31.5 Å². The van der Waals surface area contributed by atoms with Crippen molar-refractivity contribution in [2.75, 3.05) is 10.6 Å². The smallest absolute Gasteiger partial charge is 0.367 e. The largest absolute Gasteiger partial charge is 0.451 e. The standard InChI is InChI=1S/C19H19F3N6/c20-19(21,22)18-24-10-8-17(28-18)26-14-4-2-13(3-5-14)25-16-6-1-12-11-23-9-7-15(12)27-16/h1,6-11,13-14H,2-5H2,(H,25,27)(H,24,26,28). The van der Waals surface area contributed by atoms with Gasteiger partial charge in [0.1, 0.15) is 11.6 Å².